The fraction of sp³-hybridized carbons (Fsp3) is 0.500. The van der Waals surface area contributed by atoms with E-state index in [-0.39, 0.29) is 66.4 Å². The van der Waals surface area contributed by atoms with Crippen molar-refractivity contribution in [3.8, 4) is 0 Å². The molecule has 0 heterocycles. The molecule has 0 aliphatic carbocycles. The summed E-state index contributed by atoms with van der Waals surface area (Å²) in [6, 6.07) is 0. The van der Waals surface area contributed by atoms with Crippen LogP contribution in [0.2, 0.25) is 0 Å². The molecular formula is C6H23FeO16. The van der Waals surface area contributed by atoms with E-state index in [1.165, 1.54) is 0 Å². The van der Waals surface area contributed by atoms with Gasteiger partial charge in [-0.15, -0.1) is 0 Å². The van der Waals surface area contributed by atoms with Gasteiger partial charge in [0.05, 0.1) is 5.97 Å². The fourth-order valence-corrected chi connectivity index (χ4v) is 0.684. The third-order valence-corrected chi connectivity index (χ3v) is 1.25. The molecule has 151 valence electrons. The molecule has 0 bridgehead atoms. The minimum atomic E-state index is -2.97. The molecule has 0 rings (SSSR count). The van der Waals surface area contributed by atoms with Crippen LogP contribution < -0.4 is 15.3 Å². The molecule has 16 nitrogen and oxygen atoms in total. The van der Waals surface area contributed by atoms with Crippen LogP contribution in [0.1, 0.15) is 12.8 Å². The van der Waals surface area contributed by atoms with Gasteiger partial charge in [0.2, 0.25) is 0 Å². The van der Waals surface area contributed by atoms with Crippen LogP contribution in [0, 0.1) is 0 Å². The van der Waals surface area contributed by atoms with Crippen LogP contribution in [0.4, 0.5) is 0 Å². The Bertz CT molecular complexity index is 239. The zero-order valence-electron chi connectivity index (χ0n) is 11.2. The Morgan fingerprint density at radius 3 is 0.913 bits per heavy atom. The van der Waals surface area contributed by atoms with Crippen molar-refractivity contribution in [2.75, 3.05) is 0 Å². The molecule has 0 saturated heterocycles. The predicted octanol–water partition coefficient (Wildman–Crippen LogP) is -12.7. The minimum Gasteiger partial charge on any atom is -0.550 e. The molecule has 0 aromatic carbocycles. The predicted molar refractivity (Wildman–Crippen MR) is 61.7 cm³/mol. The van der Waals surface area contributed by atoms with Gasteiger partial charge in [0, 0.05) is 24.8 Å². The number of hydrogen-bond acceptors (Lipinski definition) is 7. The zero-order chi connectivity index (χ0) is 10.6. The van der Waals surface area contributed by atoms with Crippen LogP contribution in [-0.2, 0) is 31.5 Å². The van der Waals surface area contributed by atoms with Crippen LogP contribution in [-0.4, -0.2) is 77.9 Å². The zero-order valence-corrected chi connectivity index (χ0v) is 12.3. The normalized spacial score (nSPS) is 6.13. The van der Waals surface area contributed by atoms with Gasteiger partial charge in [-0.2, -0.15) is 0 Å². The van der Waals surface area contributed by atoms with Crippen molar-refractivity contribution in [1.29, 1.82) is 0 Å². The molecule has 0 unspecified atom stereocenters. The number of hydrogen-bond donors (Lipinski definition) is 1. The molecule has 0 fully saturated rings. The first-order valence-corrected chi connectivity index (χ1v) is 3.11. The van der Waals surface area contributed by atoms with Crippen molar-refractivity contribution >= 4 is 17.9 Å². The molecule has 0 aromatic rings. The van der Waals surface area contributed by atoms with Crippen LogP contribution in [0.25, 0.3) is 0 Å². The number of rotatable bonds is 5. The van der Waals surface area contributed by atoms with Crippen molar-refractivity contribution in [2.45, 2.75) is 18.4 Å². The largest absolute Gasteiger partial charge is 3.00 e. The van der Waals surface area contributed by atoms with E-state index in [1.807, 2.05) is 0 Å². The average molecular weight is 407 g/mol. The summed E-state index contributed by atoms with van der Waals surface area (Å²) >= 11 is 0. The Hall–Kier alpha value is -1.47. The van der Waals surface area contributed by atoms with E-state index in [4.69, 9.17) is 5.11 Å². The van der Waals surface area contributed by atoms with E-state index in [0.29, 0.717) is 0 Å². The first-order valence-electron chi connectivity index (χ1n) is 3.11. The van der Waals surface area contributed by atoms with E-state index in [9.17, 15) is 29.7 Å². The van der Waals surface area contributed by atoms with Crippen molar-refractivity contribution < 1.29 is 101 Å². The molecule has 0 aliphatic rings. The molecule has 0 amide bonds. The van der Waals surface area contributed by atoms with E-state index < -0.39 is 36.4 Å². The van der Waals surface area contributed by atoms with Gasteiger partial charge in [-0.25, -0.2) is 0 Å². The summed E-state index contributed by atoms with van der Waals surface area (Å²) in [5.74, 6) is -5.98. The van der Waals surface area contributed by atoms with E-state index in [2.05, 4.69) is 0 Å². The van der Waals surface area contributed by atoms with Crippen molar-refractivity contribution in [1.82, 2.24) is 0 Å². The van der Waals surface area contributed by atoms with E-state index in [0.717, 1.165) is 0 Å². The maximum absolute atomic E-state index is 10.1. The average Bonchev–Trinajstić information content (AvgIpc) is 1.82. The summed E-state index contributed by atoms with van der Waals surface area (Å²) in [6.45, 7) is 0. The van der Waals surface area contributed by atoms with Gasteiger partial charge in [-0.3, -0.25) is 0 Å². The molecule has 0 aromatic heterocycles. The van der Waals surface area contributed by atoms with Crippen molar-refractivity contribution in [3.63, 3.8) is 0 Å². The smallest absolute Gasteiger partial charge is 0.550 e. The molecule has 0 saturated carbocycles. The number of carboxylic acids is 3. The SMILES string of the molecule is O.O.O.O.O.O.O.O.O.O=C([O-])CC(O)(CC(=O)[O-])C(=O)[O-].[Fe+3]. The van der Waals surface area contributed by atoms with Crippen LogP contribution >= 0.6 is 0 Å². The van der Waals surface area contributed by atoms with Crippen LogP contribution in [0.5, 0.6) is 0 Å². The molecule has 1 radical (unpaired) electrons. The van der Waals surface area contributed by atoms with Gasteiger partial charge in [-0.05, 0) is 0 Å². The number of carbonyl (C=O) groups is 3. The monoisotopic (exact) mass is 407 g/mol. The molecule has 0 aliphatic heterocycles. The van der Waals surface area contributed by atoms with Gasteiger partial charge in [-0.1, -0.05) is 0 Å². The minimum absolute atomic E-state index is 0. The molecular weight excluding hydrogens is 384 g/mol. The number of aliphatic carboxylic acids is 3. The summed E-state index contributed by atoms with van der Waals surface area (Å²) in [7, 11) is 0. The summed E-state index contributed by atoms with van der Waals surface area (Å²) in [6.07, 6.45) is -2.72. The fourth-order valence-electron chi connectivity index (χ4n) is 0.684. The Kier molecular flexibility index (Phi) is 116. The third-order valence-electron chi connectivity index (χ3n) is 1.25. The maximum atomic E-state index is 10.1. The number of carbonyl (C=O) groups excluding carboxylic acids is 3. The third kappa shape index (κ3) is 33.4. The molecule has 0 atom stereocenters. The van der Waals surface area contributed by atoms with Gasteiger partial charge >= 0.3 is 17.1 Å². The van der Waals surface area contributed by atoms with Crippen LogP contribution in [0.15, 0.2) is 0 Å². The maximum Gasteiger partial charge on any atom is 3.00 e. The van der Waals surface area contributed by atoms with Gasteiger partial charge in [0.15, 0.2) is 0 Å². The van der Waals surface area contributed by atoms with Gasteiger partial charge < -0.3 is 84.1 Å². The summed E-state index contributed by atoms with van der Waals surface area (Å²) < 4.78 is 0. The summed E-state index contributed by atoms with van der Waals surface area (Å²) in [5.41, 5.74) is -2.97. The quantitative estimate of drug-likeness (QED) is 0.428. The number of carboxylic acid groups (broad SMARTS) is 3. The second-order valence-electron chi connectivity index (χ2n) is 2.42. The summed E-state index contributed by atoms with van der Waals surface area (Å²) in [5, 5.41) is 38.9. The second kappa shape index (κ2) is 32.5. The molecule has 0 spiro atoms. The topological polar surface area (TPSA) is 424 Å². The molecule has 17 heteroatoms. The first-order chi connectivity index (χ1) is 5.78. The van der Waals surface area contributed by atoms with Gasteiger partial charge in [0.25, 0.3) is 0 Å². The van der Waals surface area contributed by atoms with Crippen molar-refractivity contribution in [3.05, 3.63) is 0 Å². The second-order valence-corrected chi connectivity index (χ2v) is 2.42. The Morgan fingerprint density at radius 2 is 0.826 bits per heavy atom. The first kappa shape index (κ1) is 81.8. The molecule has 23 heavy (non-hydrogen) atoms. The van der Waals surface area contributed by atoms with Crippen molar-refractivity contribution in [2.24, 2.45) is 0 Å². The molecule has 19 N–H and O–H groups in total. The standard InChI is InChI=1S/C6H8O7.Fe.9H2O/c7-3(8)1-6(13,5(11)12)2-4(9)10;;;;;;;;;;/h13H,1-2H2,(H,7,8)(H,9,10)(H,11,12);;9*1H2/q;+3;;;;;;;;;/p-3. The van der Waals surface area contributed by atoms with E-state index >= 15 is 0 Å². The van der Waals surface area contributed by atoms with E-state index in [1.54, 1.807) is 0 Å². The Labute approximate surface area is 138 Å². The Morgan fingerprint density at radius 1 is 0.652 bits per heavy atom. The van der Waals surface area contributed by atoms with Crippen LogP contribution in [0.3, 0.4) is 0 Å². The number of aliphatic hydroxyl groups is 1. The Balaban J connectivity index is -0.0000000160. The van der Waals surface area contributed by atoms with Gasteiger partial charge in [0.1, 0.15) is 5.60 Å². The summed E-state index contributed by atoms with van der Waals surface area (Å²) in [4.78, 5) is 30.0.